The molecule has 0 amide bonds. The van der Waals surface area contributed by atoms with Crippen LogP contribution in [0.5, 0.6) is 0 Å². The van der Waals surface area contributed by atoms with Gasteiger partial charge in [0, 0.05) is 38.8 Å². The summed E-state index contributed by atoms with van der Waals surface area (Å²) in [6.07, 6.45) is 5.21. The first-order valence-electron chi connectivity index (χ1n) is 9.56. The Bertz CT molecular complexity index is 675. The minimum absolute atomic E-state index is 0.343. The molecule has 140 valence electrons. The van der Waals surface area contributed by atoms with Gasteiger partial charge in [0.1, 0.15) is 5.82 Å². The molecule has 1 atom stereocenters. The van der Waals surface area contributed by atoms with Crippen LogP contribution in [0.1, 0.15) is 36.8 Å². The quantitative estimate of drug-likeness (QED) is 0.665. The molecule has 0 spiro atoms. The summed E-state index contributed by atoms with van der Waals surface area (Å²) >= 11 is 0. The number of likely N-dealkylation sites (tertiary alicyclic amines) is 2. The van der Waals surface area contributed by atoms with E-state index in [4.69, 9.17) is 5.26 Å². The van der Waals surface area contributed by atoms with Crippen molar-refractivity contribution in [2.24, 2.45) is 10.9 Å². The van der Waals surface area contributed by atoms with Gasteiger partial charge in [-0.25, -0.2) is 4.39 Å². The Morgan fingerprint density at radius 1 is 1.31 bits per heavy atom. The largest absolute Gasteiger partial charge is 0.352 e. The van der Waals surface area contributed by atoms with Crippen molar-refractivity contribution in [1.29, 1.82) is 5.26 Å². The number of aliphatic imine (C=N–C) groups is 1. The van der Waals surface area contributed by atoms with Gasteiger partial charge in [-0.1, -0.05) is 12.5 Å². The molecule has 1 aromatic carbocycles. The van der Waals surface area contributed by atoms with Crippen molar-refractivity contribution >= 4 is 5.96 Å². The summed E-state index contributed by atoms with van der Waals surface area (Å²) in [6.45, 7) is 6.03. The molecule has 0 radical (unpaired) electrons. The first-order chi connectivity index (χ1) is 12.7. The number of hydrogen-bond donors (Lipinski definition) is 1. The molecule has 2 saturated heterocycles. The highest BCUT2D eigenvalue weighted by atomic mass is 19.1. The SMILES string of the molecule is CN=C(NCc1ccc(C#N)cc1F)N1CCC(CN2CCCCC2)C1. The van der Waals surface area contributed by atoms with Crippen molar-refractivity contribution in [3.05, 3.63) is 35.1 Å². The second-order valence-electron chi connectivity index (χ2n) is 7.28. The average Bonchev–Trinajstić information content (AvgIpc) is 3.12. The molecule has 0 saturated carbocycles. The number of piperidine rings is 1. The number of halogens is 1. The maximum absolute atomic E-state index is 14.0. The number of guanidine groups is 1. The smallest absolute Gasteiger partial charge is 0.193 e. The number of hydrogen-bond acceptors (Lipinski definition) is 3. The predicted molar refractivity (Wildman–Crippen MR) is 101 cm³/mol. The van der Waals surface area contributed by atoms with E-state index in [2.05, 4.69) is 20.1 Å². The molecule has 2 heterocycles. The van der Waals surface area contributed by atoms with Gasteiger partial charge in [0.2, 0.25) is 0 Å². The normalized spacial score (nSPS) is 21.7. The van der Waals surface area contributed by atoms with Crippen LogP contribution < -0.4 is 5.32 Å². The maximum atomic E-state index is 14.0. The molecule has 0 aliphatic carbocycles. The topological polar surface area (TPSA) is 54.7 Å². The van der Waals surface area contributed by atoms with E-state index in [1.54, 1.807) is 19.2 Å². The van der Waals surface area contributed by atoms with Gasteiger partial charge in [0.05, 0.1) is 11.6 Å². The molecule has 2 aliphatic heterocycles. The molecule has 1 unspecified atom stereocenters. The van der Waals surface area contributed by atoms with E-state index < -0.39 is 0 Å². The molecule has 2 fully saturated rings. The summed E-state index contributed by atoms with van der Waals surface area (Å²) in [7, 11) is 1.77. The summed E-state index contributed by atoms with van der Waals surface area (Å²) in [4.78, 5) is 9.24. The van der Waals surface area contributed by atoms with E-state index in [0.717, 1.165) is 19.0 Å². The summed E-state index contributed by atoms with van der Waals surface area (Å²) < 4.78 is 14.0. The van der Waals surface area contributed by atoms with Crippen molar-refractivity contribution in [1.82, 2.24) is 15.1 Å². The van der Waals surface area contributed by atoms with Crippen LogP contribution in [-0.4, -0.2) is 55.5 Å². The number of benzene rings is 1. The lowest BCUT2D eigenvalue weighted by atomic mass is 10.1. The minimum Gasteiger partial charge on any atom is -0.352 e. The molecule has 5 nitrogen and oxygen atoms in total. The zero-order valence-corrected chi connectivity index (χ0v) is 15.5. The average molecular weight is 357 g/mol. The Morgan fingerprint density at radius 2 is 2.12 bits per heavy atom. The Kier molecular flexibility index (Phi) is 6.45. The van der Waals surface area contributed by atoms with E-state index in [-0.39, 0.29) is 5.82 Å². The van der Waals surface area contributed by atoms with E-state index in [1.165, 1.54) is 51.4 Å². The standard InChI is InChI=1S/C20H28FN5/c1-23-20(24-13-18-6-5-16(12-22)11-19(18)21)26-10-7-17(15-26)14-25-8-3-2-4-9-25/h5-6,11,17H,2-4,7-10,13-15H2,1H3,(H,23,24). The first kappa shape index (κ1) is 18.7. The third-order valence-electron chi connectivity index (χ3n) is 5.38. The van der Waals surface area contributed by atoms with Crippen molar-refractivity contribution in [3.8, 4) is 6.07 Å². The monoisotopic (exact) mass is 357 g/mol. The lowest BCUT2D eigenvalue weighted by molar-refractivity contribution is 0.198. The zero-order valence-electron chi connectivity index (χ0n) is 15.5. The highest BCUT2D eigenvalue weighted by Gasteiger charge is 2.27. The predicted octanol–water partition coefficient (Wildman–Crippen LogP) is 2.58. The fourth-order valence-corrected chi connectivity index (χ4v) is 3.95. The molecule has 0 bridgehead atoms. The summed E-state index contributed by atoms with van der Waals surface area (Å²) in [5.41, 5.74) is 0.893. The Morgan fingerprint density at radius 3 is 2.81 bits per heavy atom. The summed E-state index contributed by atoms with van der Waals surface area (Å²) in [5.74, 6) is 1.16. The van der Waals surface area contributed by atoms with Crippen LogP contribution in [0, 0.1) is 23.1 Å². The van der Waals surface area contributed by atoms with Gasteiger partial charge in [-0.05, 0) is 50.4 Å². The fourth-order valence-electron chi connectivity index (χ4n) is 3.95. The van der Waals surface area contributed by atoms with Crippen molar-refractivity contribution in [2.45, 2.75) is 32.2 Å². The van der Waals surface area contributed by atoms with E-state index in [9.17, 15) is 4.39 Å². The number of nitrogens with zero attached hydrogens (tertiary/aromatic N) is 4. The maximum Gasteiger partial charge on any atom is 0.193 e. The molecule has 3 rings (SSSR count). The van der Waals surface area contributed by atoms with Crippen LogP contribution in [0.25, 0.3) is 0 Å². The van der Waals surface area contributed by atoms with Crippen LogP contribution in [0.4, 0.5) is 4.39 Å². The molecule has 1 N–H and O–H groups in total. The number of rotatable bonds is 4. The summed E-state index contributed by atoms with van der Waals surface area (Å²) in [6, 6.07) is 6.55. The second-order valence-corrected chi connectivity index (χ2v) is 7.28. The van der Waals surface area contributed by atoms with Gasteiger partial charge >= 0.3 is 0 Å². The molecule has 1 aromatic rings. The number of nitriles is 1. The van der Waals surface area contributed by atoms with Crippen LogP contribution in [-0.2, 0) is 6.54 Å². The van der Waals surface area contributed by atoms with Gasteiger partial charge in [-0.2, -0.15) is 5.26 Å². The van der Waals surface area contributed by atoms with Crippen LogP contribution >= 0.6 is 0 Å². The minimum atomic E-state index is -0.351. The zero-order chi connectivity index (χ0) is 18.4. The van der Waals surface area contributed by atoms with Gasteiger partial charge in [0.15, 0.2) is 5.96 Å². The molecule has 2 aliphatic rings. The highest BCUT2D eigenvalue weighted by Crippen LogP contribution is 2.20. The van der Waals surface area contributed by atoms with Gasteiger partial charge < -0.3 is 15.1 Å². The second kappa shape index (κ2) is 9.00. The highest BCUT2D eigenvalue weighted by molar-refractivity contribution is 5.80. The van der Waals surface area contributed by atoms with Crippen LogP contribution in [0.3, 0.4) is 0 Å². The third kappa shape index (κ3) is 4.73. The van der Waals surface area contributed by atoms with E-state index in [0.29, 0.717) is 23.6 Å². The van der Waals surface area contributed by atoms with Gasteiger partial charge in [0.25, 0.3) is 0 Å². The lowest BCUT2D eigenvalue weighted by Crippen LogP contribution is -2.41. The Balaban J connectivity index is 1.51. The third-order valence-corrected chi connectivity index (χ3v) is 5.38. The molecule has 6 heteroatoms. The molecule has 0 aromatic heterocycles. The van der Waals surface area contributed by atoms with E-state index in [1.807, 2.05) is 6.07 Å². The van der Waals surface area contributed by atoms with Crippen molar-refractivity contribution in [3.63, 3.8) is 0 Å². The lowest BCUT2D eigenvalue weighted by Gasteiger charge is -2.29. The fraction of sp³-hybridized carbons (Fsp3) is 0.600. The Labute approximate surface area is 155 Å². The van der Waals surface area contributed by atoms with Gasteiger partial charge in [-0.15, -0.1) is 0 Å². The van der Waals surface area contributed by atoms with Gasteiger partial charge in [-0.3, -0.25) is 4.99 Å². The number of nitrogens with one attached hydrogen (secondary N) is 1. The Hall–Kier alpha value is -2.13. The van der Waals surface area contributed by atoms with Crippen LogP contribution in [0.15, 0.2) is 23.2 Å². The first-order valence-corrected chi connectivity index (χ1v) is 9.56. The molecule has 26 heavy (non-hydrogen) atoms. The molecular formula is C20H28FN5. The summed E-state index contributed by atoms with van der Waals surface area (Å²) in [5, 5.41) is 12.1. The van der Waals surface area contributed by atoms with Crippen molar-refractivity contribution in [2.75, 3.05) is 39.8 Å². The van der Waals surface area contributed by atoms with Crippen molar-refractivity contribution < 1.29 is 4.39 Å². The van der Waals surface area contributed by atoms with Crippen LogP contribution in [0.2, 0.25) is 0 Å². The molecular weight excluding hydrogens is 329 g/mol. The van der Waals surface area contributed by atoms with E-state index >= 15 is 0 Å².